The second-order valence-electron chi connectivity index (χ2n) is 4.57. The summed E-state index contributed by atoms with van der Waals surface area (Å²) in [6.45, 7) is 4.01. The van der Waals surface area contributed by atoms with Crippen LogP contribution in [0.4, 0.5) is 5.69 Å². The third-order valence-corrected chi connectivity index (χ3v) is 3.04. The van der Waals surface area contributed by atoms with E-state index in [1.54, 1.807) is 18.6 Å². The van der Waals surface area contributed by atoms with E-state index < -0.39 is 0 Å². The number of carbonyl (C=O) groups is 1. The first kappa shape index (κ1) is 13.3. The Morgan fingerprint density at radius 1 is 1.42 bits per heavy atom. The summed E-state index contributed by atoms with van der Waals surface area (Å²) in [6.07, 6.45) is 6.93. The zero-order valence-electron chi connectivity index (χ0n) is 11.2. The van der Waals surface area contributed by atoms with Crippen LogP contribution in [0, 0.1) is 5.92 Å². The average Bonchev–Trinajstić information content (AvgIpc) is 2.88. The molecule has 0 aliphatic carbocycles. The van der Waals surface area contributed by atoms with Crippen molar-refractivity contribution in [1.82, 2.24) is 15.2 Å². The van der Waals surface area contributed by atoms with Gasteiger partial charge in [-0.05, 0) is 18.6 Å². The Labute approximate surface area is 112 Å². The lowest BCUT2D eigenvalue weighted by molar-refractivity contribution is -0.119. The van der Waals surface area contributed by atoms with E-state index in [0.29, 0.717) is 5.69 Å². The summed E-state index contributed by atoms with van der Waals surface area (Å²) >= 11 is 0. The minimum atomic E-state index is 0.00481. The molecule has 0 radical (unpaired) electrons. The van der Waals surface area contributed by atoms with Gasteiger partial charge in [0, 0.05) is 23.9 Å². The highest BCUT2D eigenvalue weighted by Crippen LogP contribution is 2.25. The first-order valence-electron chi connectivity index (χ1n) is 6.47. The first-order valence-corrected chi connectivity index (χ1v) is 6.47. The molecule has 0 aliphatic rings. The van der Waals surface area contributed by atoms with Crippen molar-refractivity contribution in [2.75, 3.05) is 5.32 Å². The van der Waals surface area contributed by atoms with E-state index in [-0.39, 0.29) is 11.8 Å². The zero-order valence-corrected chi connectivity index (χ0v) is 11.2. The third kappa shape index (κ3) is 3.19. The SMILES string of the molecule is CCCC(C)C(=O)Nc1cn[nH]c1-c1ccncc1. The molecule has 0 saturated carbocycles. The fourth-order valence-corrected chi connectivity index (χ4v) is 1.94. The Hall–Kier alpha value is -2.17. The van der Waals surface area contributed by atoms with Gasteiger partial charge in [0.05, 0.1) is 17.6 Å². The van der Waals surface area contributed by atoms with Crippen molar-refractivity contribution in [3.63, 3.8) is 0 Å². The van der Waals surface area contributed by atoms with Gasteiger partial charge in [0.15, 0.2) is 0 Å². The van der Waals surface area contributed by atoms with E-state index in [9.17, 15) is 4.79 Å². The zero-order chi connectivity index (χ0) is 13.7. The van der Waals surface area contributed by atoms with Gasteiger partial charge in [-0.2, -0.15) is 5.10 Å². The van der Waals surface area contributed by atoms with E-state index in [1.165, 1.54) is 0 Å². The fraction of sp³-hybridized carbons (Fsp3) is 0.357. The van der Waals surface area contributed by atoms with Gasteiger partial charge in [-0.1, -0.05) is 20.3 Å². The number of pyridine rings is 1. The summed E-state index contributed by atoms with van der Waals surface area (Å²) < 4.78 is 0. The van der Waals surface area contributed by atoms with Gasteiger partial charge in [-0.15, -0.1) is 0 Å². The molecule has 1 atom stereocenters. The normalized spacial score (nSPS) is 12.1. The molecule has 0 bridgehead atoms. The van der Waals surface area contributed by atoms with E-state index in [0.717, 1.165) is 24.1 Å². The van der Waals surface area contributed by atoms with Crippen molar-refractivity contribution in [1.29, 1.82) is 0 Å². The van der Waals surface area contributed by atoms with Crippen LogP contribution in [0.1, 0.15) is 26.7 Å². The van der Waals surface area contributed by atoms with Gasteiger partial charge in [-0.3, -0.25) is 14.9 Å². The fourth-order valence-electron chi connectivity index (χ4n) is 1.94. The second-order valence-corrected chi connectivity index (χ2v) is 4.57. The number of hydrogen-bond donors (Lipinski definition) is 2. The molecular weight excluding hydrogens is 240 g/mol. The van der Waals surface area contributed by atoms with Gasteiger partial charge < -0.3 is 5.32 Å². The summed E-state index contributed by atoms with van der Waals surface area (Å²) in [4.78, 5) is 16.0. The van der Waals surface area contributed by atoms with Crippen LogP contribution in [0.2, 0.25) is 0 Å². The number of anilines is 1. The van der Waals surface area contributed by atoms with Crippen molar-refractivity contribution in [3.05, 3.63) is 30.7 Å². The topological polar surface area (TPSA) is 70.7 Å². The molecular formula is C14H18N4O. The van der Waals surface area contributed by atoms with E-state index >= 15 is 0 Å². The highest BCUT2D eigenvalue weighted by Gasteiger charge is 2.15. The van der Waals surface area contributed by atoms with Gasteiger partial charge in [0.25, 0.3) is 0 Å². The number of rotatable bonds is 5. The molecule has 2 aromatic rings. The molecule has 1 unspecified atom stereocenters. The number of carbonyl (C=O) groups excluding carboxylic acids is 1. The molecule has 0 aromatic carbocycles. The lowest BCUT2D eigenvalue weighted by atomic mass is 10.1. The molecule has 2 rings (SSSR count). The molecule has 5 nitrogen and oxygen atoms in total. The minimum Gasteiger partial charge on any atom is -0.323 e. The lowest BCUT2D eigenvalue weighted by Crippen LogP contribution is -2.20. The smallest absolute Gasteiger partial charge is 0.227 e. The first-order chi connectivity index (χ1) is 9.22. The van der Waals surface area contributed by atoms with Crippen LogP contribution >= 0.6 is 0 Å². The summed E-state index contributed by atoms with van der Waals surface area (Å²) in [5, 5.41) is 9.82. The standard InChI is InChI=1S/C14H18N4O/c1-3-4-10(2)14(19)17-12-9-16-18-13(12)11-5-7-15-8-6-11/h5-10H,3-4H2,1-2H3,(H,16,18)(H,17,19). The van der Waals surface area contributed by atoms with Crippen molar-refractivity contribution in [2.24, 2.45) is 5.92 Å². The average molecular weight is 258 g/mol. The maximum Gasteiger partial charge on any atom is 0.227 e. The van der Waals surface area contributed by atoms with Crippen molar-refractivity contribution < 1.29 is 4.79 Å². The maximum absolute atomic E-state index is 12.0. The quantitative estimate of drug-likeness (QED) is 0.866. The van der Waals surface area contributed by atoms with Crippen molar-refractivity contribution >= 4 is 11.6 Å². The molecule has 1 amide bonds. The van der Waals surface area contributed by atoms with Crippen LogP contribution in [0.5, 0.6) is 0 Å². The predicted octanol–water partition coefficient (Wildman–Crippen LogP) is 2.85. The number of nitrogens with one attached hydrogen (secondary N) is 2. The number of hydrogen-bond acceptors (Lipinski definition) is 3. The van der Waals surface area contributed by atoms with E-state index in [2.05, 4.69) is 27.4 Å². The highest BCUT2D eigenvalue weighted by molar-refractivity contribution is 5.95. The molecule has 100 valence electrons. The van der Waals surface area contributed by atoms with Crippen molar-refractivity contribution in [3.8, 4) is 11.3 Å². The number of aromatic nitrogens is 3. The Balaban J connectivity index is 2.15. The largest absolute Gasteiger partial charge is 0.323 e. The van der Waals surface area contributed by atoms with Gasteiger partial charge >= 0.3 is 0 Å². The molecule has 5 heteroatoms. The minimum absolute atomic E-state index is 0.00481. The molecule has 2 aromatic heterocycles. The van der Waals surface area contributed by atoms with Crippen LogP contribution in [-0.2, 0) is 4.79 Å². The number of aromatic amines is 1. The molecule has 19 heavy (non-hydrogen) atoms. The summed E-state index contributed by atoms with van der Waals surface area (Å²) in [6, 6.07) is 3.75. The van der Waals surface area contributed by atoms with Crippen LogP contribution in [0.25, 0.3) is 11.3 Å². The van der Waals surface area contributed by atoms with E-state index in [1.807, 2.05) is 19.1 Å². The Morgan fingerprint density at radius 2 is 2.16 bits per heavy atom. The van der Waals surface area contributed by atoms with Crippen LogP contribution in [0.3, 0.4) is 0 Å². The molecule has 2 heterocycles. The van der Waals surface area contributed by atoms with Crippen LogP contribution in [-0.4, -0.2) is 21.1 Å². The van der Waals surface area contributed by atoms with Crippen LogP contribution < -0.4 is 5.32 Å². The molecule has 0 spiro atoms. The lowest BCUT2D eigenvalue weighted by Gasteiger charge is -2.11. The Morgan fingerprint density at radius 3 is 2.84 bits per heavy atom. The third-order valence-electron chi connectivity index (χ3n) is 3.04. The molecule has 0 fully saturated rings. The summed E-state index contributed by atoms with van der Waals surface area (Å²) in [5.74, 6) is 0.0312. The molecule has 0 saturated heterocycles. The van der Waals surface area contributed by atoms with Gasteiger partial charge in [-0.25, -0.2) is 0 Å². The highest BCUT2D eigenvalue weighted by atomic mass is 16.1. The van der Waals surface area contributed by atoms with Gasteiger partial charge in [0.1, 0.15) is 0 Å². The maximum atomic E-state index is 12.0. The van der Waals surface area contributed by atoms with Gasteiger partial charge in [0.2, 0.25) is 5.91 Å². The Bertz CT molecular complexity index is 535. The Kier molecular flexibility index (Phi) is 4.28. The number of nitrogens with zero attached hydrogens (tertiary/aromatic N) is 2. The molecule has 0 aliphatic heterocycles. The molecule has 2 N–H and O–H groups in total. The summed E-state index contributed by atoms with van der Waals surface area (Å²) in [5.41, 5.74) is 2.46. The second kappa shape index (κ2) is 6.13. The number of H-pyrrole nitrogens is 1. The van der Waals surface area contributed by atoms with Crippen LogP contribution in [0.15, 0.2) is 30.7 Å². The number of amides is 1. The monoisotopic (exact) mass is 258 g/mol. The van der Waals surface area contributed by atoms with E-state index in [4.69, 9.17) is 0 Å². The summed E-state index contributed by atoms with van der Waals surface area (Å²) in [7, 11) is 0. The van der Waals surface area contributed by atoms with Crippen molar-refractivity contribution in [2.45, 2.75) is 26.7 Å². The predicted molar refractivity (Wildman–Crippen MR) is 74.5 cm³/mol.